The first kappa shape index (κ1) is 20.5. The van der Waals surface area contributed by atoms with E-state index in [0.29, 0.717) is 23.8 Å². The quantitative estimate of drug-likeness (QED) is 0.484. The summed E-state index contributed by atoms with van der Waals surface area (Å²) < 4.78 is 6.32. The van der Waals surface area contributed by atoms with Gasteiger partial charge in [-0.1, -0.05) is 18.2 Å². The summed E-state index contributed by atoms with van der Waals surface area (Å²) in [5.74, 6) is 1.04. The van der Waals surface area contributed by atoms with Crippen molar-refractivity contribution in [1.82, 2.24) is 20.3 Å². The van der Waals surface area contributed by atoms with Gasteiger partial charge in [0.2, 0.25) is 0 Å². The normalized spacial score (nSPS) is 17.4. The van der Waals surface area contributed by atoms with Gasteiger partial charge in [0.15, 0.2) is 5.82 Å². The summed E-state index contributed by atoms with van der Waals surface area (Å²) in [4.78, 5) is 26.0. The number of amides is 1. The molecule has 2 aromatic heterocycles. The number of nitrogens with zero attached hydrogens (tertiary/aromatic N) is 3. The fourth-order valence-corrected chi connectivity index (χ4v) is 5.00. The van der Waals surface area contributed by atoms with Crippen LogP contribution in [0.5, 0.6) is 0 Å². The van der Waals surface area contributed by atoms with Crippen molar-refractivity contribution in [2.24, 2.45) is 0 Å². The molecule has 2 aliphatic heterocycles. The van der Waals surface area contributed by atoms with Crippen LogP contribution >= 0.6 is 0 Å². The first-order chi connectivity index (χ1) is 16.5. The third-order valence-electron chi connectivity index (χ3n) is 6.66. The molecule has 168 valence electrons. The third-order valence-corrected chi connectivity index (χ3v) is 6.66. The number of nitrogens with two attached hydrogens (primary N) is 1. The number of nitrogen functional groups attached to an aromatic ring is 1. The van der Waals surface area contributed by atoms with Gasteiger partial charge in [-0.15, -0.1) is 0 Å². The minimum Gasteiger partial charge on any atom is -0.384 e. The number of ether oxygens (including phenoxy) is 1. The first-order valence-electron chi connectivity index (χ1n) is 11.2. The molecule has 2 unspecified atom stereocenters. The van der Waals surface area contributed by atoms with E-state index in [1.165, 1.54) is 0 Å². The lowest BCUT2D eigenvalue weighted by molar-refractivity contribution is 0.0857. The summed E-state index contributed by atoms with van der Waals surface area (Å²) in [6, 6.07) is 15.7. The van der Waals surface area contributed by atoms with Crippen molar-refractivity contribution in [3.8, 4) is 11.4 Å². The highest BCUT2D eigenvalue weighted by Gasteiger charge is 2.43. The molecule has 4 aromatic rings. The van der Waals surface area contributed by atoms with Crippen LogP contribution in [0, 0.1) is 13.8 Å². The van der Waals surface area contributed by atoms with E-state index in [1.54, 1.807) is 18.5 Å². The Balaban J connectivity index is 1.26. The van der Waals surface area contributed by atoms with Crippen LogP contribution in [0.3, 0.4) is 0 Å². The van der Waals surface area contributed by atoms with Crippen molar-refractivity contribution in [3.63, 3.8) is 0 Å². The molecule has 0 aliphatic carbocycles. The van der Waals surface area contributed by atoms with Crippen LogP contribution in [0.15, 0.2) is 60.9 Å². The number of anilines is 1. The fourth-order valence-electron chi connectivity index (χ4n) is 5.00. The van der Waals surface area contributed by atoms with Gasteiger partial charge in [0.25, 0.3) is 5.91 Å². The second-order valence-electron chi connectivity index (χ2n) is 8.77. The predicted octanol–water partition coefficient (Wildman–Crippen LogP) is 4.19. The maximum Gasteiger partial charge on any atom is 0.251 e. The number of aromatic nitrogens is 3. The number of carbonyl (C=O) groups is 1. The number of carbonyl (C=O) groups excluding carboxylic acids is 1. The van der Waals surface area contributed by atoms with Gasteiger partial charge in [0.05, 0.1) is 0 Å². The van der Waals surface area contributed by atoms with Crippen LogP contribution in [0.25, 0.3) is 11.4 Å². The van der Waals surface area contributed by atoms with Crippen LogP contribution in [-0.4, -0.2) is 20.9 Å². The Morgan fingerprint density at radius 2 is 1.68 bits per heavy atom. The van der Waals surface area contributed by atoms with E-state index in [-0.39, 0.29) is 18.1 Å². The first-order valence-corrected chi connectivity index (χ1v) is 11.2. The van der Waals surface area contributed by atoms with E-state index < -0.39 is 0 Å². The molecule has 4 heterocycles. The smallest absolute Gasteiger partial charge is 0.251 e. The largest absolute Gasteiger partial charge is 0.384 e. The Hall–Kier alpha value is -4.10. The molecule has 3 N–H and O–H groups in total. The molecule has 0 spiro atoms. The van der Waals surface area contributed by atoms with Crippen LogP contribution in [0.4, 0.5) is 5.82 Å². The number of nitrogens with one attached hydrogen (secondary N) is 1. The Morgan fingerprint density at radius 1 is 0.971 bits per heavy atom. The summed E-state index contributed by atoms with van der Waals surface area (Å²) in [5, 5.41) is 3.02. The number of aryl methyl sites for hydroxylation is 2. The molecule has 2 aliphatic rings. The second kappa shape index (κ2) is 7.74. The predicted molar refractivity (Wildman–Crippen MR) is 128 cm³/mol. The zero-order valence-electron chi connectivity index (χ0n) is 18.9. The number of rotatable bonds is 4. The molecule has 0 saturated heterocycles. The molecule has 7 nitrogen and oxygen atoms in total. The van der Waals surface area contributed by atoms with Crippen molar-refractivity contribution in [1.29, 1.82) is 0 Å². The van der Waals surface area contributed by atoms with E-state index in [2.05, 4.69) is 32.4 Å². The number of benzene rings is 2. The zero-order chi connectivity index (χ0) is 23.4. The summed E-state index contributed by atoms with van der Waals surface area (Å²) in [5.41, 5.74) is 14.6. The topological polar surface area (TPSA) is 103 Å². The number of pyridine rings is 1. The van der Waals surface area contributed by atoms with Gasteiger partial charge in [-0.3, -0.25) is 4.79 Å². The Morgan fingerprint density at radius 3 is 2.44 bits per heavy atom. The van der Waals surface area contributed by atoms with Crippen LogP contribution in [0.1, 0.15) is 61.6 Å². The lowest BCUT2D eigenvalue weighted by Crippen LogP contribution is -2.24. The van der Waals surface area contributed by atoms with Gasteiger partial charge < -0.3 is 15.8 Å². The molecule has 1 amide bonds. The third kappa shape index (κ3) is 3.24. The van der Waals surface area contributed by atoms with E-state index in [9.17, 15) is 4.79 Å². The van der Waals surface area contributed by atoms with Gasteiger partial charge in [0.1, 0.15) is 18.0 Å². The maximum absolute atomic E-state index is 13.0. The minimum atomic E-state index is -0.197. The average molecular weight is 450 g/mol. The highest BCUT2D eigenvalue weighted by atomic mass is 16.5. The SMILES string of the molecule is Cc1cc(N)nc(C)c1CNC(=O)c1ccc2c(c1)C1OC2c2ccc(-c3ncccn3)cc21. The molecule has 34 heavy (non-hydrogen) atoms. The maximum atomic E-state index is 13.0. The summed E-state index contributed by atoms with van der Waals surface area (Å²) >= 11 is 0. The number of hydrogen-bond donors (Lipinski definition) is 2. The highest BCUT2D eigenvalue weighted by Crippen LogP contribution is 2.54. The standard InChI is InChI=1S/C27H23N5O2/c1-14-10-23(28)32-15(2)22(14)13-31-27(33)17-5-7-19-21(12-17)25-20-11-16(26-29-8-3-9-30-26)4-6-18(20)24(19)34-25/h3-12,24-25H,13H2,1-2H3,(H2,28,32)(H,31,33). The van der Waals surface area contributed by atoms with Crippen molar-refractivity contribution in [3.05, 3.63) is 106 Å². The van der Waals surface area contributed by atoms with Crippen LogP contribution in [-0.2, 0) is 11.3 Å². The zero-order valence-corrected chi connectivity index (χ0v) is 18.9. The Kier molecular flexibility index (Phi) is 4.67. The van der Waals surface area contributed by atoms with Crippen molar-refractivity contribution >= 4 is 11.7 Å². The summed E-state index contributed by atoms with van der Waals surface area (Å²) in [6.07, 6.45) is 3.17. The van der Waals surface area contributed by atoms with Crippen molar-refractivity contribution in [2.45, 2.75) is 32.6 Å². The fraction of sp³-hybridized carbons (Fsp3) is 0.185. The monoisotopic (exact) mass is 449 g/mol. The molecular formula is C27H23N5O2. The molecule has 0 fully saturated rings. The van der Waals surface area contributed by atoms with Crippen molar-refractivity contribution < 1.29 is 9.53 Å². The number of fused-ring (bicyclic) bond motifs is 8. The lowest BCUT2D eigenvalue weighted by Gasteiger charge is -2.17. The van der Waals surface area contributed by atoms with Crippen LogP contribution < -0.4 is 11.1 Å². The molecule has 2 aromatic carbocycles. The van der Waals surface area contributed by atoms with Gasteiger partial charge in [-0.2, -0.15) is 0 Å². The molecule has 6 rings (SSSR count). The summed E-state index contributed by atoms with van der Waals surface area (Å²) in [7, 11) is 0. The van der Waals surface area contributed by atoms with Crippen LogP contribution in [0.2, 0.25) is 0 Å². The van der Waals surface area contributed by atoms with Gasteiger partial charge in [0, 0.05) is 35.8 Å². The summed E-state index contributed by atoms with van der Waals surface area (Å²) in [6.45, 7) is 4.27. The molecule has 7 heteroatoms. The molecule has 2 atom stereocenters. The minimum absolute atomic E-state index is 0.107. The van der Waals surface area contributed by atoms with Gasteiger partial charge in [-0.25, -0.2) is 15.0 Å². The van der Waals surface area contributed by atoms with Crippen molar-refractivity contribution in [2.75, 3.05) is 5.73 Å². The van der Waals surface area contributed by atoms with Gasteiger partial charge >= 0.3 is 0 Å². The molecule has 0 saturated carbocycles. The second-order valence-corrected chi connectivity index (χ2v) is 8.77. The molecular weight excluding hydrogens is 426 g/mol. The Labute approximate surface area is 197 Å². The molecule has 2 bridgehead atoms. The number of hydrogen-bond acceptors (Lipinski definition) is 6. The lowest BCUT2D eigenvalue weighted by atomic mass is 9.84. The van der Waals surface area contributed by atoms with E-state index >= 15 is 0 Å². The van der Waals surface area contributed by atoms with E-state index in [4.69, 9.17) is 10.5 Å². The average Bonchev–Trinajstić information content (AvgIpc) is 3.40. The molecule has 0 radical (unpaired) electrons. The highest BCUT2D eigenvalue weighted by molar-refractivity contribution is 5.94. The van der Waals surface area contributed by atoms with E-state index in [1.807, 2.05) is 44.2 Å². The van der Waals surface area contributed by atoms with Gasteiger partial charge in [-0.05, 0) is 77.6 Å². The Bertz CT molecular complexity index is 1430. The van der Waals surface area contributed by atoms with E-state index in [0.717, 1.165) is 44.6 Å².